The van der Waals surface area contributed by atoms with Crippen molar-refractivity contribution in [2.24, 2.45) is 0 Å². The van der Waals surface area contributed by atoms with Gasteiger partial charge in [-0.2, -0.15) is 0 Å². The van der Waals surface area contributed by atoms with Gasteiger partial charge >= 0.3 is 0 Å². The van der Waals surface area contributed by atoms with E-state index in [1.165, 1.54) is 25.7 Å². The lowest BCUT2D eigenvalue weighted by molar-refractivity contribution is 0.0930. The second-order valence-electron chi connectivity index (χ2n) is 8.30. The molecule has 1 fully saturated rings. The smallest absolute Gasteiger partial charge is 0.272 e. The number of rotatable bonds is 5. The lowest BCUT2D eigenvalue weighted by Crippen LogP contribution is -2.34. The molecule has 6 nitrogen and oxygen atoms in total. The molecule has 1 saturated carbocycles. The van der Waals surface area contributed by atoms with Gasteiger partial charge in [-0.05, 0) is 43.2 Å². The lowest BCUT2D eigenvalue weighted by atomic mass is 10.1. The number of hydrogen-bond donors (Lipinski definition) is 1. The van der Waals surface area contributed by atoms with Crippen LogP contribution in [0.25, 0.3) is 16.9 Å². The average molecular weight is 414 g/mol. The molecule has 1 aliphatic rings. The fraction of sp³-hybridized carbons (Fsp3) is 0.320. The molecule has 5 rings (SSSR count). The first-order valence-corrected chi connectivity index (χ1v) is 11.1. The van der Waals surface area contributed by atoms with Crippen molar-refractivity contribution in [1.82, 2.24) is 24.3 Å². The Balaban J connectivity index is 1.43. The summed E-state index contributed by atoms with van der Waals surface area (Å²) >= 11 is 0. The van der Waals surface area contributed by atoms with Crippen LogP contribution in [0.2, 0.25) is 0 Å². The van der Waals surface area contributed by atoms with Crippen molar-refractivity contribution in [3.05, 3.63) is 78.6 Å². The molecule has 0 atom stereocenters. The standard InChI is InChI=1S/C25H27N5O/c31-25(27-20-9-3-1-2-4-10-20)23-22-12-6-8-15-30(22)24(28-23)19-13-16-29(17-19)18-21-11-5-7-14-26-21/h5-8,11-17,20H,1-4,9-10,18H2,(H,27,31). The Morgan fingerprint density at radius 1 is 1.00 bits per heavy atom. The van der Waals surface area contributed by atoms with Crippen molar-refractivity contribution in [3.63, 3.8) is 0 Å². The molecule has 31 heavy (non-hydrogen) atoms. The summed E-state index contributed by atoms with van der Waals surface area (Å²) in [5.41, 5.74) is 3.31. The van der Waals surface area contributed by atoms with E-state index in [0.717, 1.165) is 35.4 Å². The molecule has 0 radical (unpaired) electrons. The molecule has 0 bridgehead atoms. The van der Waals surface area contributed by atoms with Gasteiger partial charge in [0.2, 0.25) is 0 Å². The monoisotopic (exact) mass is 413 g/mol. The molecule has 1 amide bonds. The van der Waals surface area contributed by atoms with E-state index < -0.39 is 0 Å². The first-order chi connectivity index (χ1) is 15.3. The number of amides is 1. The summed E-state index contributed by atoms with van der Waals surface area (Å²) in [6, 6.07) is 14.1. The number of nitrogens with one attached hydrogen (secondary N) is 1. The van der Waals surface area contributed by atoms with E-state index in [9.17, 15) is 4.79 Å². The number of carbonyl (C=O) groups is 1. The first kappa shape index (κ1) is 19.5. The maximum atomic E-state index is 13.1. The summed E-state index contributed by atoms with van der Waals surface area (Å²) in [5.74, 6) is 0.705. The molecule has 4 heterocycles. The third-order valence-corrected chi connectivity index (χ3v) is 6.03. The minimum Gasteiger partial charge on any atom is -0.348 e. The zero-order chi connectivity index (χ0) is 21.0. The first-order valence-electron chi connectivity index (χ1n) is 11.1. The Morgan fingerprint density at radius 2 is 1.84 bits per heavy atom. The van der Waals surface area contributed by atoms with Crippen molar-refractivity contribution in [2.45, 2.75) is 51.1 Å². The van der Waals surface area contributed by atoms with Gasteiger partial charge in [-0.1, -0.05) is 37.8 Å². The molecular formula is C25H27N5O. The zero-order valence-corrected chi connectivity index (χ0v) is 17.6. The van der Waals surface area contributed by atoms with Gasteiger partial charge in [-0.15, -0.1) is 0 Å². The highest BCUT2D eigenvalue weighted by Gasteiger charge is 2.22. The number of aromatic nitrogens is 4. The van der Waals surface area contributed by atoms with Crippen LogP contribution in [0.5, 0.6) is 0 Å². The molecule has 1 N–H and O–H groups in total. The Hall–Kier alpha value is -3.41. The van der Waals surface area contributed by atoms with Gasteiger partial charge in [0.25, 0.3) is 5.91 Å². The maximum absolute atomic E-state index is 13.1. The molecule has 0 spiro atoms. The Morgan fingerprint density at radius 3 is 2.65 bits per heavy atom. The van der Waals surface area contributed by atoms with E-state index in [0.29, 0.717) is 12.2 Å². The summed E-state index contributed by atoms with van der Waals surface area (Å²) in [6.07, 6.45) is 14.9. The third-order valence-electron chi connectivity index (χ3n) is 6.03. The summed E-state index contributed by atoms with van der Waals surface area (Å²) in [7, 11) is 0. The van der Waals surface area contributed by atoms with Crippen LogP contribution in [-0.2, 0) is 6.54 Å². The molecule has 6 heteroatoms. The van der Waals surface area contributed by atoms with E-state index in [2.05, 4.69) is 21.1 Å². The summed E-state index contributed by atoms with van der Waals surface area (Å²) < 4.78 is 4.09. The van der Waals surface area contributed by atoms with Crippen LogP contribution in [0.15, 0.2) is 67.3 Å². The third kappa shape index (κ3) is 4.24. The van der Waals surface area contributed by atoms with Crippen molar-refractivity contribution in [1.29, 1.82) is 0 Å². The number of imidazole rings is 1. The van der Waals surface area contributed by atoms with Crippen molar-refractivity contribution >= 4 is 11.4 Å². The fourth-order valence-electron chi connectivity index (χ4n) is 4.44. The second-order valence-corrected chi connectivity index (χ2v) is 8.30. The Kier molecular flexibility index (Phi) is 5.52. The number of hydrogen-bond acceptors (Lipinski definition) is 3. The van der Waals surface area contributed by atoms with Crippen LogP contribution in [-0.4, -0.2) is 30.9 Å². The van der Waals surface area contributed by atoms with Crippen LogP contribution < -0.4 is 5.32 Å². The van der Waals surface area contributed by atoms with Gasteiger partial charge < -0.3 is 9.88 Å². The number of pyridine rings is 2. The van der Waals surface area contributed by atoms with Crippen LogP contribution in [0.4, 0.5) is 0 Å². The highest BCUT2D eigenvalue weighted by Crippen LogP contribution is 2.24. The summed E-state index contributed by atoms with van der Waals surface area (Å²) in [4.78, 5) is 22.3. The van der Waals surface area contributed by atoms with E-state index in [1.54, 1.807) is 6.20 Å². The van der Waals surface area contributed by atoms with E-state index >= 15 is 0 Å². The van der Waals surface area contributed by atoms with Gasteiger partial charge in [0.1, 0.15) is 5.82 Å². The van der Waals surface area contributed by atoms with E-state index in [-0.39, 0.29) is 11.9 Å². The summed E-state index contributed by atoms with van der Waals surface area (Å²) in [6.45, 7) is 0.694. The van der Waals surface area contributed by atoms with Gasteiger partial charge in [-0.25, -0.2) is 4.98 Å². The van der Waals surface area contributed by atoms with Crippen molar-refractivity contribution in [2.75, 3.05) is 0 Å². The highest BCUT2D eigenvalue weighted by molar-refractivity contribution is 6.00. The molecule has 0 saturated heterocycles. The lowest BCUT2D eigenvalue weighted by Gasteiger charge is -2.15. The van der Waals surface area contributed by atoms with Gasteiger partial charge in [0.15, 0.2) is 5.69 Å². The van der Waals surface area contributed by atoms with Crippen LogP contribution in [0.3, 0.4) is 0 Å². The summed E-state index contributed by atoms with van der Waals surface area (Å²) in [5, 5.41) is 3.24. The second kappa shape index (κ2) is 8.76. The van der Waals surface area contributed by atoms with Gasteiger partial charge in [-0.3, -0.25) is 14.2 Å². The molecule has 0 aromatic carbocycles. The predicted octanol–water partition coefficient (Wildman–Crippen LogP) is 4.70. The number of nitrogens with zero attached hydrogens (tertiary/aromatic N) is 4. The Labute approximate surface area is 182 Å². The van der Waals surface area contributed by atoms with Crippen molar-refractivity contribution < 1.29 is 4.79 Å². The number of fused-ring (bicyclic) bond motifs is 1. The largest absolute Gasteiger partial charge is 0.348 e. The quantitative estimate of drug-likeness (QED) is 0.483. The maximum Gasteiger partial charge on any atom is 0.272 e. The van der Waals surface area contributed by atoms with Crippen molar-refractivity contribution in [3.8, 4) is 11.4 Å². The Bertz CT molecular complexity index is 1170. The molecule has 1 aliphatic carbocycles. The van der Waals surface area contributed by atoms with Crippen LogP contribution in [0, 0.1) is 0 Å². The van der Waals surface area contributed by atoms with Crippen LogP contribution >= 0.6 is 0 Å². The van der Waals surface area contributed by atoms with E-state index in [1.807, 2.05) is 59.3 Å². The predicted molar refractivity (Wildman–Crippen MR) is 121 cm³/mol. The van der Waals surface area contributed by atoms with Crippen LogP contribution in [0.1, 0.15) is 54.7 Å². The average Bonchev–Trinajstić information content (AvgIpc) is 3.32. The van der Waals surface area contributed by atoms with Gasteiger partial charge in [0, 0.05) is 36.4 Å². The molecule has 0 aliphatic heterocycles. The topological polar surface area (TPSA) is 64.2 Å². The number of carbonyl (C=O) groups excluding carboxylic acids is 1. The highest BCUT2D eigenvalue weighted by atomic mass is 16.2. The van der Waals surface area contributed by atoms with Gasteiger partial charge in [0.05, 0.1) is 17.8 Å². The minimum absolute atomic E-state index is 0.0743. The normalized spacial score (nSPS) is 15.1. The fourth-order valence-corrected chi connectivity index (χ4v) is 4.44. The molecule has 4 aromatic heterocycles. The molecule has 158 valence electrons. The van der Waals surface area contributed by atoms with E-state index in [4.69, 9.17) is 4.98 Å². The zero-order valence-electron chi connectivity index (χ0n) is 17.6. The minimum atomic E-state index is -0.0743. The SMILES string of the molecule is O=C(NC1CCCCCC1)c1nc(-c2ccn(Cc3ccccn3)c2)n2ccccc12. The molecular weight excluding hydrogens is 386 g/mol. The molecule has 4 aromatic rings. The molecule has 0 unspecified atom stereocenters.